The molecule has 2 rings (SSSR count). The van der Waals surface area contributed by atoms with Crippen LogP contribution in [0.5, 0.6) is 0 Å². The molecule has 0 bridgehead atoms. The van der Waals surface area contributed by atoms with Crippen LogP contribution in [0.2, 0.25) is 0 Å². The van der Waals surface area contributed by atoms with Crippen molar-refractivity contribution in [1.29, 1.82) is 0 Å². The van der Waals surface area contributed by atoms with Gasteiger partial charge in [0.05, 0.1) is 0 Å². The number of H-pyrrole nitrogens is 1. The zero-order valence-corrected chi connectivity index (χ0v) is 11.1. The molecule has 2 amide bonds. The zero-order valence-electron chi connectivity index (χ0n) is 11.1. The molecule has 104 valence electrons. The van der Waals surface area contributed by atoms with Crippen LogP contribution in [0.1, 0.15) is 28.2 Å². The van der Waals surface area contributed by atoms with Gasteiger partial charge in [-0.2, -0.15) is 5.10 Å². The van der Waals surface area contributed by atoms with Crippen molar-refractivity contribution in [3.05, 3.63) is 53.3 Å². The van der Waals surface area contributed by atoms with Gasteiger partial charge in [-0.15, -0.1) is 0 Å². The highest BCUT2D eigenvalue weighted by molar-refractivity contribution is 5.93. The second kappa shape index (κ2) is 6.51. The van der Waals surface area contributed by atoms with Gasteiger partial charge in [-0.3, -0.25) is 25.5 Å². The van der Waals surface area contributed by atoms with E-state index in [0.717, 1.165) is 11.3 Å². The maximum atomic E-state index is 11.6. The van der Waals surface area contributed by atoms with E-state index in [-0.39, 0.29) is 11.6 Å². The number of hydrogen-bond acceptors (Lipinski definition) is 3. The Balaban J connectivity index is 1.74. The second-order valence-electron chi connectivity index (χ2n) is 4.42. The van der Waals surface area contributed by atoms with Crippen LogP contribution in [0.3, 0.4) is 0 Å². The number of amides is 2. The highest BCUT2D eigenvalue weighted by Gasteiger charge is 2.10. The van der Waals surface area contributed by atoms with Gasteiger partial charge in [-0.25, -0.2) is 0 Å². The maximum absolute atomic E-state index is 11.6. The smallest absolute Gasteiger partial charge is 0.282 e. The van der Waals surface area contributed by atoms with Crippen LogP contribution >= 0.6 is 0 Å². The van der Waals surface area contributed by atoms with Gasteiger partial charge in [0.1, 0.15) is 0 Å². The molecule has 20 heavy (non-hydrogen) atoms. The number of rotatable bonds is 4. The summed E-state index contributed by atoms with van der Waals surface area (Å²) in [7, 11) is 0. The Morgan fingerprint density at radius 1 is 1.20 bits per heavy atom. The minimum atomic E-state index is -0.442. The molecule has 0 fully saturated rings. The Labute approximate surface area is 116 Å². The predicted octanol–water partition coefficient (Wildman–Crippen LogP) is 1.11. The van der Waals surface area contributed by atoms with Crippen molar-refractivity contribution in [1.82, 2.24) is 21.0 Å². The van der Waals surface area contributed by atoms with Gasteiger partial charge in [-0.05, 0) is 25.0 Å². The molecular weight excluding hydrogens is 256 g/mol. The Bertz CT molecular complexity index is 592. The Hall–Kier alpha value is -2.63. The summed E-state index contributed by atoms with van der Waals surface area (Å²) in [6.07, 6.45) is 0.938. The number of aromatic nitrogens is 2. The summed E-state index contributed by atoms with van der Waals surface area (Å²) in [6, 6.07) is 11.3. The van der Waals surface area contributed by atoms with Crippen molar-refractivity contribution < 1.29 is 9.59 Å². The van der Waals surface area contributed by atoms with E-state index < -0.39 is 5.91 Å². The molecule has 0 aliphatic heterocycles. The van der Waals surface area contributed by atoms with Crippen LogP contribution in [-0.4, -0.2) is 22.0 Å². The van der Waals surface area contributed by atoms with Crippen LogP contribution in [-0.2, 0) is 11.2 Å². The fourth-order valence-corrected chi connectivity index (χ4v) is 1.69. The van der Waals surface area contributed by atoms with E-state index in [1.165, 1.54) is 0 Å². The monoisotopic (exact) mass is 272 g/mol. The molecule has 6 nitrogen and oxygen atoms in total. The lowest BCUT2D eigenvalue weighted by molar-refractivity contribution is -0.121. The van der Waals surface area contributed by atoms with Crippen LogP contribution in [0.4, 0.5) is 0 Å². The molecule has 0 saturated heterocycles. The standard InChI is InChI=1S/C14H16N4O2/c1-10-9-12(16-15-10)14(20)18-17-13(19)8-7-11-5-3-2-4-6-11/h2-6,9H,7-8H2,1H3,(H,15,16)(H,17,19)(H,18,20). The molecule has 3 N–H and O–H groups in total. The topological polar surface area (TPSA) is 86.9 Å². The molecule has 1 heterocycles. The number of nitrogens with zero attached hydrogens (tertiary/aromatic N) is 1. The number of benzene rings is 1. The summed E-state index contributed by atoms with van der Waals surface area (Å²) in [5, 5.41) is 6.46. The fraction of sp³-hybridized carbons (Fsp3) is 0.214. The molecule has 0 aliphatic carbocycles. The van der Waals surface area contributed by atoms with E-state index in [9.17, 15) is 9.59 Å². The summed E-state index contributed by atoms with van der Waals surface area (Å²) in [5.74, 6) is -0.683. The Morgan fingerprint density at radius 3 is 2.60 bits per heavy atom. The minimum absolute atomic E-state index is 0.241. The normalized spacial score (nSPS) is 10.1. The number of hydrogen-bond donors (Lipinski definition) is 3. The first-order chi connectivity index (χ1) is 9.65. The van der Waals surface area contributed by atoms with E-state index in [0.29, 0.717) is 12.8 Å². The summed E-state index contributed by atoms with van der Waals surface area (Å²) < 4.78 is 0. The third kappa shape index (κ3) is 3.94. The van der Waals surface area contributed by atoms with Crippen molar-refractivity contribution in [3.63, 3.8) is 0 Å². The lowest BCUT2D eigenvalue weighted by Crippen LogP contribution is -2.41. The molecular formula is C14H16N4O2. The number of hydrazine groups is 1. The highest BCUT2D eigenvalue weighted by atomic mass is 16.2. The Morgan fingerprint density at radius 2 is 1.95 bits per heavy atom. The van der Waals surface area contributed by atoms with Crippen LogP contribution in [0.25, 0.3) is 0 Å². The van der Waals surface area contributed by atoms with E-state index >= 15 is 0 Å². The Kier molecular flexibility index (Phi) is 4.49. The van der Waals surface area contributed by atoms with Gasteiger partial charge in [0.25, 0.3) is 5.91 Å². The second-order valence-corrected chi connectivity index (χ2v) is 4.42. The molecule has 0 saturated carbocycles. The highest BCUT2D eigenvalue weighted by Crippen LogP contribution is 2.02. The average Bonchev–Trinajstić information content (AvgIpc) is 2.90. The molecule has 2 aromatic rings. The fourth-order valence-electron chi connectivity index (χ4n) is 1.69. The zero-order chi connectivity index (χ0) is 14.4. The molecule has 0 spiro atoms. The van der Waals surface area contributed by atoms with Gasteiger partial charge in [-0.1, -0.05) is 30.3 Å². The van der Waals surface area contributed by atoms with E-state index in [4.69, 9.17) is 0 Å². The first kappa shape index (κ1) is 13.8. The van der Waals surface area contributed by atoms with Crippen LogP contribution in [0, 0.1) is 6.92 Å². The first-order valence-electron chi connectivity index (χ1n) is 6.30. The van der Waals surface area contributed by atoms with Gasteiger partial charge in [0.15, 0.2) is 5.69 Å². The van der Waals surface area contributed by atoms with Crippen molar-refractivity contribution in [2.24, 2.45) is 0 Å². The van der Waals surface area contributed by atoms with E-state index in [2.05, 4.69) is 21.0 Å². The SMILES string of the molecule is Cc1cc(C(=O)NNC(=O)CCc2ccccc2)n[nH]1. The first-order valence-corrected chi connectivity index (χ1v) is 6.30. The quantitative estimate of drug-likeness (QED) is 0.729. The summed E-state index contributed by atoms with van der Waals surface area (Å²) >= 11 is 0. The molecule has 1 aromatic heterocycles. The van der Waals surface area contributed by atoms with Crippen LogP contribution < -0.4 is 10.9 Å². The van der Waals surface area contributed by atoms with Crippen molar-refractivity contribution in [3.8, 4) is 0 Å². The average molecular weight is 272 g/mol. The predicted molar refractivity (Wildman–Crippen MR) is 73.7 cm³/mol. The van der Waals surface area contributed by atoms with E-state index in [1.54, 1.807) is 13.0 Å². The summed E-state index contributed by atoms with van der Waals surface area (Å²) in [6.45, 7) is 1.79. The lowest BCUT2D eigenvalue weighted by atomic mass is 10.1. The third-order valence-electron chi connectivity index (χ3n) is 2.74. The van der Waals surface area contributed by atoms with Gasteiger partial charge in [0.2, 0.25) is 5.91 Å². The van der Waals surface area contributed by atoms with Gasteiger partial charge >= 0.3 is 0 Å². The molecule has 0 radical (unpaired) electrons. The van der Waals surface area contributed by atoms with Crippen LogP contribution in [0.15, 0.2) is 36.4 Å². The number of carbonyl (C=O) groups excluding carboxylic acids is 2. The minimum Gasteiger partial charge on any atom is -0.282 e. The van der Waals surface area contributed by atoms with Crippen molar-refractivity contribution in [2.75, 3.05) is 0 Å². The van der Waals surface area contributed by atoms with Gasteiger partial charge in [0, 0.05) is 12.1 Å². The molecule has 6 heteroatoms. The van der Waals surface area contributed by atoms with Crippen molar-refractivity contribution in [2.45, 2.75) is 19.8 Å². The van der Waals surface area contributed by atoms with Crippen molar-refractivity contribution >= 4 is 11.8 Å². The largest absolute Gasteiger partial charge is 0.290 e. The summed E-state index contributed by atoms with van der Waals surface area (Å²) in [5.41, 5.74) is 6.80. The molecule has 0 aliphatic rings. The molecule has 0 unspecified atom stereocenters. The number of nitrogens with one attached hydrogen (secondary N) is 3. The number of aromatic amines is 1. The molecule has 1 aromatic carbocycles. The summed E-state index contributed by atoms with van der Waals surface area (Å²) in [4.78, 5) is 23.2. The number of carbonyl (C=O) groups is 2. The molecule has 0 atom stereocenters. The maximum Gasteiger partial charge on any atom is 0.290 e. The third-order valence-corrected chi connectivity index (χ3v) is 2.74. The number of aryl methyl sites for hydroxylation is 2. The lowest BCUT2D eigenvalue weighted by Gasteiger charge is -2.05. The van der Waals surface area contributed by atoms with E-state index in [1.807, 2.05) is 30.3 Å². The van der Waals surface area contributed by atoms with Gasteiger partial charge < -0.3 is 0 Å².